The average Bonchev–Trinajstić information content (AvgIpc) is 3.38. The number of aryl methyl sites for hydroxylation is 1. The predicted molar refractivity (Wildman–Crippen MR) is 115 cm³/mol. The number of rotatable bonds is 4. The molecule has 0 radical (unpaired) electrons. The molecule has 0 saturated carbocycles. The highest BCUT2D eigenvalue weighted by molar-refractivity contribution is 7.24. The number of benzene rings is 2. The molecular formula is C23H19N2O3S+. The van der Waals surface area contributed by atoms with E-state index in [0.717, 1.165) is 37.6 Å². The number of esters is 1. The van der Waals surface area contributed by atoms with Gasteiger partial charge in [0.05, 0.1) is 22.9 Å². The molecule has 5 rings (SSSR count). The van der Waals surface area contributed by atoms with Crippen LogP contribution in [-0.4, -0.2) is 17.0 Å². The monoisotopic (exact) mass is 403 g/mol. The van der Waals surface area contributed by atoms with Gasteiger partial charge in [0.25, 0.3) is 5.52 Å². The zero-order chi connectivity index (χ0) is 20.0. The lowest BCUT2D eigenvalue weighted by molar-refractivity contribution is -0.651. The topological polar surface area (TPSA) is 47.7 Å². The van der Waals surface area contributed by atoms with Crippen molar-refractivity contribution in [3.8, 4) is 0 Å². The molecule has 0 aliphatic heterocycles. The third-order valence-electron chi connectivity index (χ3n) is 4.96. The maximum Gasteiger partial charge on any atom is 0.373 e. The van der Waals surface area contributed by atoms with Crippen LogP contribution in [0.25, 0.3) is 38.3 Å². The molecule has 6 heteroatoms. The Kier molecular flexibility index (Phi) is 4.21. The fourth-order valence-electron chi connectivity index (χ4n) is 3.59. The Hall–Kier alpha value is -3.38. The van der Waals surface area contributed by atoms with Gasteiger partial charge in [-0.2, -0.15) is 4.57 Å². The molecule has 0 saturated heterocycles. The molecular weight excluding hydrogens is 384 g/mol. The van der Waals surface area contributed by atoms with Crippen LogP contribution >= 0.6 is 11.3 Å². The number of fused-ring (bicyclic) bond motifs is 4. The Balaban J connectivity index is 1.67. The molecule has 3 heterocycles. The van der Waals surface area contributed by atoms with Gasteiger partial charge in [-0.05, 0) is 37.3 Å². The summed E-state index contributed by atoms with van der Waals surface area (Å²) in [6, 6.07) is 17.9. The van der Waals surface area contributed by atoms with E-state index >= 15 is 0 Å². The molecule has 5 nitrogen and oxygen atoms in total. The summed E-state index contributed by atoms with van der Waals surface area (Å²) in [5.41, 5.74) is 4.36. The summed E-state index contributed by atoms with van der Waals surface area (Å²) in [6.07, 6.45) is 3.93. The molecule has 3 aromatic heterocycles. The number of para-hydroxylation sites is 3. The fraction of sp³-hybridized carbons (Fsp3) is 0.130. The second kappa shape index (κ2) is 6.90. The van der Waals surface area contributed by atoms with E-state index in [9.17, 15) is 4.79 Å². The Bertz CT molecular complexity index is 1400. The molecule has 0 aliphatic carbocycles. The van der Waals surface area contributed by atoms with Crippen molar-refractivity contribution in [2.75, 3.05) is 6.61 Å². The van der Waals surface area contributed by atoms with E-state index in [2.05, 4.69) is 6.07 Å². The maximum absolute atomic E-state index is 12.6. The molecule has 0 unspecified atom stereocenters. The first kappa shape index (κ1) is 17.7. The number of hydrogen-bond acceptors (Lipinski definition) is 4. The van der Waals surface area contributed by atoms with Gasteiger partial charge in [0.2, 0.25) is 5.58 Å². The van der Waals surface area contributed by atoms with Crippen LogP contribution in [0.1, 0.15) is 28.9 Å². The number of oxazole rings is 1. The summed E-state index contributed by atoms with van der Waals surface area (Å²) < 4.78 is 16.4. The summed E-state index contributed by atoms with van der Waals surface area (Å²) in [5, 5.41) is 0. The van der Waals surface area contributed by atoms with E-state index in [4.69, 9.17) is 9.15 Å². The van der Waals surface area contributed by atoms with Crippen molar-refractivity contribution < 1.29 is 18.5 Å². The first-order chi connectivity index (χ1) is 14.2. The summed E-state index contributed by atoms with van der Waals surface area (Å²) >= 11 is 1.66. The van der Waals surface area contributed by atoms with Gasteiger partial charge in [-0.3, -0.25) is 4.40 Å². The SMILES string of the molecule is CCOC(=O)c1cc(/C=C/c2oc3ccccc3[n+]2C)c2sc3ccccc3n12. The van der Waals surface area contributed by atoms with Gasteiger partial charge in [0, 0.05) is 11.6 Å². The lowest BCUT2D eigenvalue weighted by Crippen LogP contribution is -2.29. The normalized spacial score (nSPS) is 11.9. The average molecular weight is 403 g/mol. The highest BCUT2D eigenvalue weighted by Gasteiger charge is 2.20. The minimum absolute atomic E-state index is 0.319. The quantitative estimate of drug-likeness (QED) is 0.311. The minimum atomic E-state index is -0.319. The van der Waals surface area contributed by atoms with Crippen molar-refractivity contribution in [2.24, 2.45) is 7.05 Å². The molecule has 0 amide bonds. The number of carbonyl (C=O) groups excluding carboxylic acids is 1. The Labute approximate surface area is 171 Å². The van der Waals surface area contributed by atoms with E-state index in [-0.39, 0.29) is 5.97 Å². The van der Waals surface area contributed by atoms with Gasteiger partial charge < -0.3 is 9.15 Å². The van der Waals surface area contributed by atoms with Crippen LogP contribution in [0.3, 0.4) is 0 Å². The number of nitrogens with zero attached hydrogens (tertiary/aromatic N) is 2. The first-order valence-electron chi connectivity index (χ1n) is 9.43. The predicted octanol–water partition coefficient (Wildman–Crippen LogP) is 5.07. The van der Waals surface area contributed by atoms with E-state index in [0.29, 0.717) is 12.3 Å². The van der Waals surface area contributed by atoms with Crippen molar-refractivity contribution >= 4 is 55.6 Å². The maximum atomic E-state index is 12.6. The molecule has 0 spiro atoms. The largest absolute Gasteiger partial charge is 0.461 e. The van der Waals surface area contributed by atoms with Crippen LogP contribution in [0.2, 0.25) is 0 Å². The van der Waals surface area contributed by atoms with Gasteiger partial charge in [0.1, 0.15) is 17.6 Å². The standard InChI is InChI=1S/C23H19N2O3S/c1-3-27-23(26)18-14-15(22-25(18)17-9-5-7-11-20(17)29-22)12-13-21-24(2)16-8-4-6-10-19(16)28-21/h4-14H,3H2,1-2H3/q+1. The summed E-state index contributed by atoms with van der Waals surface area (Å²) in [7, 11) is 1.98. The zero-order valence-corrected chi connectivity index (χ0v) is 16.9. The second-order valence-corrected chi connectivity index (χ2v) is 7.75. The molecule has 0 fully saturated rings. The summed E-state index contributed by atoms with van der Waals surface area (Å²) in [4.78, 5) is 13.6. The van der Waals surface area contributed by atoms with Crippen molar-refractivity contribution in [3.63, 3.8) is 0 Å². The van der Waals surface area contributed by atoms with Crippen molar-refractivity contribution in [2.45, 2.75) is 6.92 Å². The Morgan fingerprint density at radius 2 is 1.97 bits per heavy atom. The van der Waals surface area contributed by atoms with Gasteiger partial charge in [-0.15, -0.1) is 11.3 Å². The molecule has 0 aliphatic rings. The molecule has 144 valence electrons. The van der Waals surface area contributed by atoms with Crippen molar-refractivity contribution in [1.82, 2.24) is 4.40 Å². The summed E-state index contributed by atoms with van der Waals surface area (Å²) in [6.45, 7) is 2.16. The number of aromatic nitrogens is 2. The molecule has 29 heavy (non-hydrogen) atoms. The Morgan fingerprint density at radius 1 is 1.17 bits per heavy atom. The smallest absolute Gasteiger partial charge is 0.373 e. The summed E-state index contributed by atoms with van der Waals surface area (Å²) in [5.74, 6) is 0.421. The lowest BCUT2D eigenvalue weighted by Gasteiger charge is -2.01. The zero-order valence-electron chi connectivity index (χ0n) is 16.1. The third-order valence-corrected chi connectivity index (χ3v) is 6.13. The molecule has 0 atom stereocenters. The second-order valence-electron chi connectivity index (χ2n) is 6.72. The van der Waals surface area contributed by atoms with Crippen LogP contribution < -0.4 is 4.57 Å². The number of ether oxygens (including phenoxy) is 1. The third kappa shape index (κ3) is 2.84. The van der Waals surface area contributed by atoms with Crippen LogP contribution in [0.15, 0.2) is 59.0 Å². The van der Waals surface area contributed by atoms with E-state index in [1.807, 2.05) is 83.6 Å². The van der Waals surface area contributed by atoms with Crippen LogP contribution in [-0.2, 0) is 11.8 Å². The van der Waals surface area contributed by atoms with Gasteiger partial charge in [-0.1, -0.05) is 24.3 Å². The minimum Gasteiger partial charge on any atom is -0.461 e. The Morgan fingerprint density at radius 3 is 2.79 bits per heavy atom. The fourth-order valence-corrected chi connectivity index (χ4v) is 4.74. The molecule has 2 aromatic carbocycles. The molecule has 0 N–H and O–H groups in total. The number of carbonyl (C=O) groups is 1. The van der Waals surface area contributed by atoms with Crippen LogP contribution in [0.4, 0.5) is 0 Å². The van der Waals surface area contributed by atoms with Gasteiger partial charge in [-0.25, -0.2) is 4.79 Å². The van der Waals surface area contributed by atoms with E-state index in [1.165, 1.54) is 0 Å². The van der Waals surface area contributed by atoms with Crippen molar-refractivity contribution in [1.29, 1.82) is 0 Å². The lowest BCUT2D eigenvalue weighted by atomic mass is 10.3. The molecule has 0 bridgehead atoms. The highest BCUT2D eigenvalue weighted by Crippen LogP contribution is 2.33. The first-order valence-corrected chi connectivity index (χ1v) is 10.2. The van der Waals surface area contributed by atoms with Crippen LogP contribution in [0, 0.1) is 0 Å². The van der Waals surface area contributed by atoms with Crippen LogP contribution in [0.5, 0.6) is 0 Å². The molecule has 5 aromatic rings. The van der Waals surface area contributed by atoms with E-state index in [1.54, 1.807) is 11.3 Å². The van der Waals surface area contributed by atoms with Gasteiger partial charge >= 0.3 is 11.9 Å². The number of hydrogen-bond donors (Lipinski definition) is 0. The van der Waals surface area contributed by atoms with E-state index < -0.39 is 0 Å². The highest BCUT2D eigenvalue weighted by atomic mass is 32.1. The number of thiazole rings is 1. The van der Waals surface area contributed by atoms with Gasteiger partial charge in [0.15, 0.2) is 0 Å². The van der Waals surface area contributed by atoms with Crippen molar-refractivity contribution in [3.05, 3.63) is 71.7 Å².